The van der Waals surface area contributed by atoms with Crippen LogP contribution in [0.25, 0.3) is 11.1 Å². The highest BCUT2D eigenvalue weighted by Crippen LogP contribution is 2.43. The number of halogens is 2. The monoisotopic (exact) mass is 405 g/mol. The first kappa shape index (κ1) is 18.8. The van der Waals surface area contributed by atoms with E-state index in [1.807, 2.05) is 23.1 Å². The summed E-state index contributed by atoms with van der Waals surface area (Å²) in [5.41, 5.74) is 3.42. The summed E-state index contributed by atoms with van der Waals surface area (Å²) < 4.78 is 26.9. The Morgan fingerprint density at radius 2 is 1.53 bits per heavy atom. The second-order valence-electron chi connectivity index (χ2n) is 7.80. The SMILES string of the molecule is O=C(Nc1cccc(F)c1)N1[C@@H]2CNC[C@H]1C2c1ccc(-c2cccc(F)c2)cc1. The summed E-state index contributed by atoms with van der Waals surface area (Å²) in [6.45, 7) is 1.42. The molecule has 2 N–H and O–H groups in total. The van der Waals surface area contributed by atoms with E-state index < -0.39 is 0 Å². The summed E-state index contributed by atoms with van der Waals surface area (Å²) in [6.07, 6.45) is 0. The molecule has 152 valence electrons. The fourth-order valence-corrected chi connectivity index (χ4v) is 4.64. The Kier molecular flexibility index (Phi) is 4.71. The Balaban J connectivity index is 1.32. The average molecular weight is 405 g/mol. The number of piperidine rings is 1. The summed E-state index contributed by atoms with van der Waals surface area (Å²) in [5, 5.41) is 6.17. The number of anilines is 1. The molecule has 2 bridgehead atoms. The number of piperazine rings is 1. The van der Waals surface area contributed by atoms with Gasteiger partial charge in [-0.05, 0) is 47.0 Å². The molecular formula is C24H21F2N3O. The second-order valence-corrected chi connectivity index (χ2v) is 7.80. The fraction of sp³-hybridized carbons (Fsp3) is 0.208. The number of carbonyl (C=O) groups excluding carboxylic acids is 1. The number of rotatable bonds is 3. The van der Waals surface area contributed by atoms with Crippen molar-refractivity contribution in [1.29, 1.82) is 0 Å². The van der Waals surface area contributed by atoms with Crippen LogP contribution in [0.4, 0.5) is 19.3 Å². The molecule has 5 rings (SSSR count). The van der Waals surface area contributed by atoms with E-state index in [0.29, 0.717) is 18.8 Å². The first-order chi connectivity index (χ1) is 14.6. The molecule has 3 atom stereocenters. The lowest BCUT2D eigenvalue weighted by Crippen LogP contribution is -2.74. The maximum absolute atomic E-state index is 13.5. The van der Waals surface area contributed by atoms with E-state index in [1.54, 1.807) is 18.2 Å². The van der Waals surface area contributed by atoms with E-state index >= 15 is 0 Å². The van der Waals surface area contributed by atoms with Crippen LogP contribution in [0.15, 0.2) is 72.8 Å². The Hall–Kier alpha value is -3.25. The molecule has 0 aliphatic carbocycles. The van der Waals surface area contributed by atoms with Gasteiger partial charge in [-0.2, -0.15) is 0 Å². The molecule has 0 aromatic heterocycles. The van der Waals surface area contributed by atoms with Crippen molar-refractivity contribution in [3.05, 3.63) is 90.0 Å². The van der Waals surface area contributed by atoms with Crippen LogP contribution in [-0.4, -0.2) is 36.1 Å². The van der Waals surface area contributed by atoms with Crippen LogP contribution in [0, 0.1) is 11.6 Å². The maximum Gasteiger partial charge on any atom is 0.322 e. The van der Waals surface area contributed by atoms with Gasteiger partial charge in [-0.25, -0.2) is 13.6 Å². The molecule has 0 radical (unpaired) electrons. The number of amides is 2. The lowest BCUT2D eigenvalue weighted by Gasteiger charge is -2.59. The normalized spacial score (nSPS) is 22.3. The Labute approximate surface area is 173 Å². The zero-order chi connectivity index (χ0) is 20.7. The Morgan fingerprint density at radius 1 is 0.867 bits per heavy atom. The van der Waals surface area contributed by atoms with E-state index in [2.05, 4.69) is 22.8 Å². The number of nitrogens with one attached hydrogen (secondary N) is 2. The molecule has 2 heterocycles. The molecule has 4 nitrogen and oxygen atoms in total. The van der Waals surface area contributed by atoms with Crippen molar-refractivity contribution in [3.8, 4) is 11.1 Å². The minimum absolute atomic E-state index is 0.0392. The third-order valence-electron chi connectivity index (χ3n) is 6.01. The standard InChI is InChI=1S/C24H21F2N3O/c25-18-4-1-3-17(11-18)15-7-9-16(10-8-15)23-21-13-27-14-22(23)29(21)24(30)28-20-6-2-5-19(26)12-20/h1-12,21-23,27H,13-14H2,(H,28,30)/t21-,22+,23?. The zero-order valence-electron chi connectivity index (χ0n) is 16.2. The van der Waals surface area contributed by atoms with Crippen molar-refractivity contribution in [3.63, 3.8) is 0 Å². The summed E-state index contributed by atoms with van der Waals surface area (Å²) in [6, 6.07) is 20.5. The molecule has 6 heteroatoms. The first-order valence-electron chi connectivity index (χ1n) is 10.0. The zero-order valence-corrected chi connectivity index (χ0v) is 16.2. The molecule has 3 aromatic carbocycles. The molecule has 0 spiro atoms. The van der Waals surface area contributed by atoms with Gasteiger partial charge in [-0.3, -0.25) is 0 Å². The summed E-state index contributed by atoms with van der Waals surface area (Å²) in [4.78, 5) is 14.7. The molecule has 2 fully saturated rings. The molecule has 30 heavy (non-hydrogen) atoms. The summed E-state index contributed by atoms with van der Waals surface area (Å²) in [7, 11) is 0. The van der Waals surface area contributed by atoms with Crippen molar-refractivity contribution >= 4 is 11.7 Å². The largest absolute Gasteiger partial charge is 0.322 e. The van der Waals surface area contributed by atoms with Gasteiger partial charge in [0.15, 0.2) is 0 Å². The highest BCUT2D eigenvalue weighted by Gasteiger charge is 2.53. The third kappa shape index (κ3) is 3.33. The van der Waals surface area contributed by atoms with Crippen LogP contribution in [0.5, 0.6) is 0 Å². The highest BCUT2D eigenvalue weighted by molar-refractivity contribution is 5.91. The van der Waals surface area contributed by atoms with Gasteiger partial charge in [0, 0.05) is 24.7 Å². The van der Waals surface area contributed by atoms with Gasteiger partial charge in [0.1, 0.15) is 11.6 Å². The predicted octanol–water partition coefficient (Wildman–Crippen LogP) is 4.60. The van der Waals surface area contributed by atoms with Gasteiger partial charge in [0.25, 0.3) is 0 Å². The first-order valence-corrected chi connectivity index (χ1v) is 10.0. The van der Waals surface area contributed by atoms with Gasteiger partial charge < -0.3 is 15.5 Å². The van der Waals surface area contributed by atoms with Crippen molar-refractivity contribution < 1.29 is 13.6 Å². The van der Waals surface area contributed by atoms with Crippen molar-refractivity contribution in [1.82, 2.24) is 10.2 Å². The molecule has 2 aliphatic heterocycles. The van der Waals surface area contributed by atoms with Gasteiger partial charge in [0.05, 0.1) is 12.1 Å². The average Bonchev–Trinajstić information content (AvgIpc) is 2.75. The van der Waals surface area contributed by atoms with Crippen molar-refractivity contribution in [2.45, 2.75) is 18.0 Å². The van der Waals surface area contributed by atoms with Crippen LogP contribution in [-0.2, 0) is 0 Å². The van der Waals surface area contributed by atoms with Gasteiger partial charge in [-0.15, -0.1) is 0 Å². The van der Waals surface area contributed by atoms with Crippen LogP contribution in [0.2, 0.25) is 0 Å². The van der Waals surface area contributed by atoms with E-state index in [0.717, 1.165) is 11.1 Å². The van der Waals surface area contributed by atoms with E-state index in [9.17, 15) is 13.6 Å². The Morgan fingerprint density at radius 3 is 2.20 bits per heavy atom. The lowest BCUT2D eigenvalue weighted by molar-refractivity contribution is 0.00202. The van der Waals surface area contributed by atoms with E-state index in [1.165, 1.54) is 29.8 Å². The van der Waals surface area contributed by atoms with Crippen LogP contribution in [0.3, 0.4) is 0 Å². The van der Waals surface area contributed by atoms with Crippen molar-refractivity contribution in [2.24, 2.45) is 0 Å². The molecule has 2 aliphatic rings. The van der Waals surface area contributed by atoms with Crippen LogP contribution >= 0.6 is 0 Å². The van der Waals surface area contributed by atoms with Crippen molar-refractivity contribution in [2.75, 3.05) is 18.4 Å². The molecule has 0 saturated carbocycles. The van der Waals surface area contributed by atoms with Crippen LogP contribution < -0.4 is 10.6 Å². The Bertz CT molecular complexity index is 1070. The molecular weight excluding hydrogens is 384 g/mol. The van der Waals surface area contributed by atoms with Crippen LogP contribution in [0.1, 0.15) is 11.5 Å². The van der Waals surface area contributed by atoms with Gasteiger partial charge in [-0.1, -0.05) is 42.5 Å². The number of benzene rings is 3. The summed E-state index contributed by atoms with van der Waals surface area (Å²) in [5.74, 6) is -0.392. The smallest absolute Gasteiger partial charge is 0.315 e. The lowest BCUT2D eigenvalue weighted by atomic mass is 9.72. The second kappa shape index (κ2) is 7.54. The number of fused-ring (bicyclic) bond motifs is 2. The van der Waals surface area contributed by atoms with Gasteiger partial charge >= 0.3 is 6.03 Å². The highest BCUT2D eigenvalue weighted by atomic mass is 19.1. The number of urea groups is 1. The third-order valence-corrected chi connectivity index (χ3v) is 6.01. The number of hydrogen-bond donors (Lipinski definition) is 2. The molecule has 2 saturated heterocycles. The molecule has 2 amide bonds. The predicted molar refractivity (Wildman–Crippen MR) is 112 cm³/mol. The molecule has 3 aromatic rings. The summed E-state index contributed by atoms with van der Waals surface area (Å²) >= 11 is 0. The fourth-order valence-electron chi connectivity index (χ4n) is 4.64. The number of carbonyl (C=O) groups is 1. The minimum Gasteiger partial charge on any atom is -0.315 e. The maximum atomic E-state index is 13.5. The van der Waals surface area contributed by atoms with E-state index in [4.69, 9.17) is 0 Å². The topological polar surface area (TPSA) is 44.4 Å². The minimum atomic E-state index is -0.380. The number of hydrogen-bond acceptors (Lipinski definition) is 2. The number of nitrogens with zero attached hydrogens (tertiary/aromatic N) is 1. The molecule has 1 unspecified atom stereocenters. The quantitative estimate of drug-likeness (QED) is 0.669. The van der Waals surface area contributed by atoms with Gasteiger partial charge in [0.2, 0.25) is 0 Å². The van der Waals surface area contributed by atoms with E-state index in [-0.39, 0.29) is 35.7 Å².